The minimum absolute atomic E-state index is 0.0341. The first kappa shape index (κ1) is 14.4. The Labute approximate surface area is 124 Å². The highest BCUT2D eigenvalue weighted by atomic mass is 35.5. The van der Waals surface area contributed by atoms with E-state index in [1.807, 2.05) is 19.1 Å². The number of halogens is 1. The molecule has 0 heterocycles. The second-order valence-corrected chi connectivity index (χ2v) is 6.37. The standard InChI is InChI=1S/C16H18ClNS/c1-10-4-5-13(8-11(10)2)19-14-6-7-15(12(3)18)16(17)9-14/h4-9,12H,18H2,1-3H3. The molecule has 0 bridgehead atoms. The number of rotatable bonds is 3. The van der Waals surface area contributed by atoms with Gasteiger partial charge in [0.25, 0.3) is 0 Å². The van der Waals surface area contributed by atoms with E-state index in [9.17, 15) is 0 Å². The van der Waals surface area contributed by atoms with E-state index in [-0.39, 0.29) is 6.04 Å². The number of nitrogens with two attached hydrogens (primary N) is 1. The van der Waals surface area contributed by atoms with Crippen LogP contribution < -0.4 is 5.73 Å². The van der Waals surface area contributed by atoms with Crippen LogP contribution in [-0.4, -0.2) is 0 Å². The van der Waals surface area contributed by atoms with E-state index in [1.165, 1.54) is 16.0 Å². The van der Waals surface area contributed by atoms with Crippen LogP contribution in [0.3, 0.4) is 0 Å². The average Bonchev–Trinajstić information content (AvgIpc) is 2.33. The fourth-order valence-corrected chi connectivity index (χ4v) is 3.23. The van der Waals surface area contributed by atoms with E-state index >= 15 is 0 Å². The Bertz CT molecular complexity index is 593. The molecule has 0 saturated carbocycles. The van der Waals surface area contributed by atoms with Gasteiger partial charge in [-0.05, 0) is 61.7 Å². The molecule has 100 valence electrons. The summed E-state index contributed by atoms with van der Waals surface area (Å²) < 4.78 is 0. The average molecular weight is 292 g/mol. The Kier molecular flexibility index (Phi) is 4.56. The predicted molar refractivity (Wildman–Crippen MR) is 84.1 cm³/mol. The highest BCUT2D eigenvalue weighted by Gasteiger charge is 2.07. The molecule has 1 atom stereocenters. The van der Waals surface area contributed by atoms with Crippen LogP contribution >= 0.6 is 23.4 Å². The number of benzene rings is 2. The molecule has 0 amide bonds. The van der Waals surface area contributed by atoms with E-state index in [2.05, 4.69) is 38.1 Å². The lowest BCUT2D eigenvalue weighted by molar-refractivity contribution is 0.817. The van der Waals surface area contributed by atoms with E-state index in [4.69, 9.17) is 17.3 Å². The molecule has 0 radical (unpaired) electrons. The van der Waals surface area contributed by atoms with Crippen LogP contribution in [-0.2, 0) is 0 Å². The van der Waals surface area contributed by atoms with Gasteiger partial charge in [-0.25, -0.2) is 0 Å². The fourth-order valence-electron chi connectivity index (χ4n) is 1.85. The zero-order valence-corrected chi connectivity index (χ0v) is 13.0. The van der Waals surface area contributed by atoms with Gasteiger partial charge in [-0.3, -0.25) is 0 Å². The minimum Gasteiger partial charge on any atom is -0.324 e. The van der Waals surface area contributed by atoms with Crippen molar-refractivity contribution >= 4 is 23.4 Å². The molecule has 2 N–H and O–H groups in total. The number of hydrogen-bond donors (Lipinski definition) is 1. The summed E-state index contributed by atoms with van der Waals surface area (Å²) in [4.78, 5) is 2.37. The SMILES string of the molecule is Cc1ccc(Sc2ccc(C(C)N)c(Cl)c2)cc1C. The molecule has 0 spiro atoms. The molecule has 2 aromatic rings. The van der Waals surface area contributed by atoms with Gasteiger partial charge < -0.3 is 5.73 Å². The number of aryl methyl sites for hydroxylation is 2. The van der Waals surface area contributed by atoms with Crippen LogP contribution in [0.2, 0.25) is 5.02 Å². The minimum atomic E-state index is -0.0341. The fraction of sp³-hybridized carbons (Fsp3) is 0.250. The molecule has 0 aliphatic rings. The van der Waals surface area contributed by atoms with Gasteiger partial charge >= 0.3 is 0 Å². The molecular formula is C16H18ClNS. The Morgan fingerprint density at radius 3 is 2.21 bits per heavy atom. The van der Waals surface area contributed by atoms with Crippen molar-refractivity contribution in [1.29, 1.82) is 0 Å². The monoisotopic (exact) mass is 291 g/mol. The van der Waals surface area contributed by atoms with Crippen molar-refractivity contribution in [3.8, 4) is 0 Å². The summed E-state index contributed by atoms with van der Waals surface area (Å²) in [6.07, 6.45) is 0. The van der Waals surface area contributed by atoms with Gasteiger partial charge in [-0.15, -0.1) is 0 Å². The van der Waals surface area contributed by atoms with Gasteiger partial charge in [0.1, 0.15) is 0 Å². The summed E-state index contributed by atoms with van der Waals surface area (Å²) in [6, 6.07) is 12.5. The summed E-state index contributed by atoms with van der Waals surface area (Å²) in [5.74, 6) is 0. The molecule has 1 nitrogen and oxygen atoms in total. The van der Waals surface area contributed by atoms with E-state index < -0.39 is 0 Å². The second kappa shape index (κ2) is 6.00. The van der Waals surface area contributed by atoms with Gasteiger partial charge in [-0.2, -0.15) is 0 Å². The highest BCUT2D eigenvalue weighted by molar-refractivity contribution is 7.99. The van der Waals surface area contributed by atoms with Crippen molar-refractivity contribution < 1.29 is 0 Å². The predicted octanol–water partition coefficient (Wildman–Crippen LogP) is 5.13. The summed E-state index contributed by atoms with van der Waals surface area (Å²) in [7, 11) is 0. The maximum Gasteiger partial charge on any atom is 0.0464 e. The van der Waals surface area contributed by atoms with Crippen LogP contribution in [0.25, 0.3) is 0 Å². The molecule has 0 aromatic heterocycles. The van der Waals surface area contributed by atoms with Gasteiger partial charge in [0.2, 0.25) is 0 Å². The molecule has 0 fully saturated rings. The topological polar surface area (TPSA) is 26.0 Å². The van der Waals surface area contributed by atoms with Gasteiger partial charge in [0, 0.05) is 20.9 Å². The Hall–Kier alpha value is -0.960. The molecule has 0 aliphatic heterocycles. The molecule has 19 heavy (non-hydrogen) atoms. The first-order valence-electron chi connectivity index (χ1n) is 6.27. The van der Waals surface area contributed by atoms with Crippen molar-refractivity contribution in [2.45, 2.75) is 36.6 Å². The van der Waals surface area contributed by atoms with Crippen LogP contribution in [0.5, 0.6) is 0 Å². The molecule has 2 aromatic carbocycles. The molecular weight excluding hydrogens is 274 g/mol. The third-order valence-electron chi connectivity index (χ3n) is 3.18. The maximum atomic E-state index is 6.25. The van der Waals surface area contributed by atoms with Crippen molar-refractivity contribution in [3.05, 3.63) is 58.1 Å². The zero-order valence-electron chi connectivity index (χ0n) is 11.4. The third kappa shape index (κ3) is 3.53. The summed E-state index contributed by atoms with van der Waals surface area (Å²) >= 11 is 7.97. The van der Waals surface area contributed by atoms with E-state index in [1.54, 1.807) is 11.8 Å². The second-order valence-electron chi connectivity index (χ2n) is 4.82. The van der Waals surface area contributed by atoms with Crippen molar-refractivity contribution in [3.63, 3.8) is 0 Å². The van der Waals surface area contributed by atoms with Crippen LogP contribution in [0.15, 0.2) is 46.2 Å². The van der Waals surface area contributed by atoms with E-state index in [0.717, 1.165) is 15.5 Å². The Balaban J connectivity index is 2.24. The highest BCUT2D eigenvalue weighted by Crippen LogP contribution is 2.33. The third-order valence-corrected chi connectivity index (χ3v) is 4.48. The molecule has 3 heteroatoms. The van der Waals surface area contributed by atoms with Crippen molar-refractivity contribution in [2.24, 2.45) is 5.73 Å². The lowest BCUT2D eigenvalue weighted by Crippen LogP contribution is -2.05. The number of hydrogen-bond acceptors (Lipinski definition) is 2. The largest absolute Gasteiger partial charge is 0.324 e. The van der Waals surface area contributed by atoms with Crippen LogP contribution in [0.4, 0.5) is 0 Å². The first-order chi connectivity index (χ1) is 8.97. The zero-order chi connectivity index (χ0) is 14.0. The quantitative estimate of drug-likeness (QED) is 0.848. The van der Waals surface area contributed by atoms with Gasteiger partial charge in [0.05, 0.1) is 0 Å². The lowest BCUT2D eigenvalue weighted by atomic mass is 10.1. The molecule has 1 unspecified atom stereocenters. The Morgan fingerprint density at radius 2 is 1.63 bits per heavy atom. The van der Waals surface area contributed by atoms with Gasteiger partial charge in [0.15, 0.2) is 0 Å². The smallest absolute Gasteiger partial charge is 0.0464 e. The Morgan fingerprint density at radius 1 is 1.00 bits per heavy atom. The van der Waals surface area contributed by atoms with E-state index in [0.29, 0.717) is 0 Å². The summed E-state index contributed by atoms with van der Waals surface area (Å²) in [5.41, 5.74) is 9.48. The van der Waals surface area contributed by atoms with Crippen LogP contribution in [0.1, 0.15) is 29.7 Å². The summed E-state index contributed by atoms with van der Waals surface area (Å²) in [6.45, 7) is 6.20. The van der Waals surface area contributed by atoms with Crippen molar-refractivity contribution in [1.82, 2.24) is 0 Å². The van der Waals surface area contributed by atoms with Crippen LogP contribution in [0, 0.1) is 13.8 Å². The van der Waals surface area contributed by atoms with Crippen molar-refractivity contribution in [2.75, 3.05) is 0 Å². The summed E-state index contributed by atoms with van der Waals surface area (Å²) in [5, 5.41) is 0.740. The molecule has 0 saturated heterocycles. The molecule has 0 aliphatic carbocycles. The normalized spacial score (nSPS) is 12.5. The molecule has 2 rings (SSSR count). The maximum absolute atomic E-state index is 6.25. The first-order valence-corrected chi connectivity index (χ1v) is 7.47. The van der Waals surface area contributed by atoms with Gasteiger partial charge in [-0.1, -0.05) is 35.5 Å². The lowest BCUT2D eigenvalue weighted by Gasteiger charge is -2.10.